The molecule has 1 unspecified atom stereocenters. The van der Waals surface area contributed by atoms with Crippen molar-refractivity contribution in [3.8, 4) is 11.1 Å². The van der Waals surface area contributed by atoms with Crippen molar-refractivity contribution in [2.45, 2.75) is 32.1 Å². The smallest absolute Gasteiger partial charge is 0.193 e. The number of fused-ring (bicyclic) bond motifs is 11. The summed E-state index contributed by atoms with van der Waals surface area (Å²) < 4.78 is 1.34. The van der Waals surface area contributed by atoms with Crippen molar-refractivity contribution in [2.75, 3.05) is 0 Å². The molecule has 3 aliphatic rings. The van der Waals surface area contributed by atoms with Crippen molar-refractivity contribution >= 4 is 71.9 Å². The van der Waals surface area contributed by atoms with Crippen molar-refractivity contribution < 1.29 is 0 Å². The van der Waals surface area contributed by atoms with Crippen molar-refractivity contribution in [1.29, 1.82) is 0 Å². The van der Waals surface area contributed by atoms with E-state index >= 15 is 0 Å². The third-order valence-electron chi connectivity index (χ3n) is 10.2. The molecule has 0 saturated heterocycles. The quantitative estimate of drug-likeness (QED) is 0.196. The van der Waals surface area contributed by atoms with E-state index in [1.54, 1.807) is 0 Å². The molecule has 7 aromatic rings. The molecule has 1 radical (unpaired) electrons. The minimum Gasteiger partial charge on any atom is -0.346 e. The summed E-state index contributed by atoms with van der Waals surface area (Å²) in [5.74, 6) is 0.253. The third kappa shape index (κ3) is 2.71. The van der Waals surface area contributed by atoms with Gasteiger partial charge in [-0.1, -0.05) is 121 Å². The van der Waals surface area contributed by atoms with Gasteiger partial charge in [-0.3, -0.25) is 0 Å². The van der Waals surface area contributed by atoms with Crippen molar-refractivity contribution in [3.05, 3.63) is 130 Å². The van der Waals surface area contributed by atoms with Crippen molar-refractivity contribution in [2.24, 2.45) is 0 Å². The molecule has 42 heavy (non-hydrogen) atoms. The minimum absolute atomic E-state index is 0.0183. The van der Waals surface area contributed by atoms with Gasteiger partial charge in [0, 0.05) is 37.8 Å². The SMILES string of the molecule is Cc1cc(-c2cccc3c2[nH]c2sc4ccccc4c23)c2c(c1)C1C3=C(c4cccc(c41)[B]2)C(C)(C)c1ccccc13. The lowest BCUT2D eigenvalue weighted by molar-refractivity contribution is 0.704. The van der Waals surface area contributed by atoms with Crippen LogP contribution < -0.4 is 10.9 Å². The van der Waals surface area contributed by atoms with Crippen LogP contribution in [-0.4, -0.2) is 12.3 Å². The second-order valence-electron chi connectivity index (χ2n) is 12.8. The first-order valence-electron chi connectivity index (χ1n) is 14.9. The Labute approximate surface area is 249 Å². The van der Waals surface area contributed by atoms with Crippen molar-refractivity contribution in [3.63, 3.8) is 0 Å². The number of H-pyrrole nitrogens is 1. The topological polar surface area (TPSA) is 15.8 Å². The first-order chi connectivity index (χ1) is 20.5. The highest BCUT2D eigenvalue weighted by Crippen LogP contribution is 2.62. The summed E-state index contributed by atoms with van der Waals surface area (Å²) in [6.45, 7) is 7.10. The zero-order valence-corrected chi connectivity index (χ0v) is 24.6. The van der Waals surface area contributed by atoms with Crippen LogP contribution in [0.25, 0.3) is 53.5 Å². The monoisotopic (exact) mass is 552 g/mol. The molecule has 0 amide bonds. The number of aryl methyl sites for hydroxylation is 1. The van der Waals surface area contributed by atoms with Gasteiger partial charge in [-0.05, 0) is 57.5 Å². The molecule has 0 fully saturated rings. The van der Waals surface area contributed by atoms with Gasteiger partial charge in [0.1, 0.15) is 4.83 Å². The summed E-state index contributed by atoms with van der Waals surface area (Å²) in [5, 5.41) is 4.00. The van der Waals surface area contributed by atoms with Crippen LogP contribution in [0.15, 0.2) is 97.1 Å². The van der Waals surface area contributed by atoms with E-state index in [-0.39, 0.29) is 11.3 Å². The molecule has 1 nitrogen and oxygen atoms in total. The Morgan fingerprint density at radius 2 is 1.52 bits per heavy atom. The number of aromatic amines is 1. The van der Waals surface area contributed by atoms with Crippen LogP contribution >= 0.6 is 11.3 Å². The molecule has 1 N–H and O–H groups in total. The molecular formula is C39H27BNS. The Kier molecular flexibility index (Phi) is 4.28. The Bertz CT molecular complexity index is 2380. The van der Waals surface area contributed by atoms with Crippen LogP contribution in [0.5, 0.6) is 0 Å². The number of benzene rings is 5. The molecule has 0 spiro atoms. The molecule has 10 rings (SSSR count). The van der Waals surface area contributed by atoms with Crippen LogP contribution in [0.2, 0.25) is 0 Å². The number of rotatable bonds is 1. The van der Waals surface area contributed by atoms with E-state index in [4.69, 9.17) is 0 Å². The minimum atomic E-state index is -0.0183. The van der Waals surface area contributed by atoms with E-state index in [1.165, 1.54) is 97.8 Å². The van der Waals surface area contributed by atoms with E-state index in [9.17, 15) is 0 Å². The predicted molar refractivity (Wildman–Crippen MR) is 181 cm³/mol. The number of nitrogens with one attached hydrogen (secondary N) is 1. The van der Waals surface area contributed by atoms with Crippen LogP contribution in [0.1, 0.15) is 53.1 Å². The molecule has 0 bridgehead atoms. The lowest BCUT2D eigenvalue weighted by atomic mass is 9.52. The predicted octanol–water partition coefficient (Wildman–Crippen LogP) is 8.83. The molecule has 3 heteroatoms. The number of aromatic nitrogens is 1. The van der Waals surface area contributed by atoms with Gasteiger partial charge in [-0.25, -0.2) is 0 Å². The second kappa shape index (κ2) is 7.73. The van der Waals surface area contributed by atoms with Gasteiger partial charge < -0.3 is 4.98 Å². The average molecular weight is 553 g/mol. The van der Waals surface area contributed by atoms with Gasteiger partial charge in [0.05, 0.1) is 5.52 Å². The van der Waals surface area contributed by atoms with E-state index in [2.05, 4.69) is 130 Å². The third-order valence-corrected chi connectivity index (χ3v) is 11.3. The molecule has 3 heterocycles. The van der Waals surface area contributed by atoms with Crippen LogP contribution in [-0.2, 0) is 5.41 Å². The van der Waals surface area contributed by atoms with E-state index in [1.807, 2.05) is 11.3 Å². The van der Waals surface area contributed by atoms with E-state index in [0.717, 1.165) is 0 Å². The summed E-state index contributed by atoms with van der Waals surface area (Å²) in [6, 6.07) is 36.6. The van der Waals surface area contributed by atoms with E-state index < -0.39 is 0 Å². The highest BCUT2D eigenvalue weighted by atomic mass is 32.1. The van der Waals surface area contributed by atoms with Gasteiger partial charge in [0.25, 0.3) is 0 Å². The molecule has 5 aromatic carbocycles. The molecule has 2 aromatic heterocycles. The molecule has 0 saturated carbocycles. The Morgan fingerprint density at radius 1 is 0.762 bits per heavy atom. The summed E-state index contributed by atoms with van der Waals surface area (Å²) in [4.78, 5) is 5.13. The Hall–Kier alpha value is -4.34. The largest absolute Gasteiger partial charge is 0.346 e. The first kappa shape index (κ1) is 23.3. The lowest BCUT2D eigenvalue weighted by Gasteiger charge is -2.31. The molecule has 197 valence electrons. The van der Waals surface area contributed by atoms with Gasteiger partial charge >= 0.3 is 0 Å². The standard InChI is InChI=1S/C39H27BNS/c1-20-18-26(21-12-8-14-25-31-23-11-5-7-17-30(23)42-38(31)41-37(21)25)36-27(19-20)33-32-24(13-9-16-29(32)40-36)35-34(33)22-10-4-6-15-28(22)39(35,2)3/h4-19,33,41H,1-3H3. The van der Waals surface area contributed by atoms with Crippen LogP contribution in [0.4, 0.5) is 0 Å². The Balaban J connectivity index is 1.27. The lowest BCUT2D eigenvalue weighted by Crippen LogP contribution is -2.40. The van der Waals surface area contributed by atoms with Gasteiger partial charge in [-0.15, -0.1) is 11.3 Å². The summed E-state index contributed by atoms with van der Waals surface area (Å²) >= 11 is 1.86. The highest BCUT2D eigenvalue weighted by molar-refractivity contribution is 7.25. The number of hydrogen-bond acceptors (Lipinski definition) is 1. The number of allylic oxidation sites excluding steroid dienone is 2. The fourth-order valence-electron chi connectivity index (χ4n) is 8.59. The van der Waals surface area contributed by atoms with Crippen molar-refractivity contribution in [1.82, 2.24) is 4.98 Å². The van der Waals surface area contributed by atoms with Crippen LogP contribution in [0, 0.1) is 6.92 Å². The normalized spacial score (nSPS) is 17.5. The van der Waals surface area contributed by atoms with Crippen LogP contribution in [0.3, 0.4) is 0 Å². The maximum Gasteiger partial charge on any atom is 0.193 e. The number of hydrogen-bond donors (Lipinski definition) is 1. The fraction of sp³-hybridized carbons (Fsp3) is 0.128. The van der Waals surface area contributed by atoms with E-state index in [0.29, 0.717) is 0 Å². The number of para-hydroxylation sites is 1. The van der Waals surface area contributed by atoms with Gasteiger partial charge in [-0.2, -0.15) is 0 Å². The van der Waals surface area contributed by atoms with Gasteiger partial charge in [0.2, 0.25) is 0 Å². The van der Waals surface area contributed by atoms with Gasteiger partial charge in [0.15, 0.2) is 7.28 Å². The molecule has 1 aliphatic heterocycles. The zero-order valence-electron chi connectivity index (χ0n) is 23.8. The number of thiophene rings is 1. The fourth-order valence-corrected chi connectivity index (χ4v) is 9.71. The summed E-state index contributed by atoms with van der Waals surface area (Å²) in [7, 11) is 2.47. The maximum atomic E-state index is 3.87. The Morgan fingerprint density at radius 3 is 2.45 bits per heavy atom. The average Bonchev–Trinajstić information content (AvgIpc) is 3.71. The molecule has 1 atom stereocenters. The second-order valence-corrected chi connectivity index (χ2v) is 13.9. The molecular weight excluding hydrogens is 525 g/mol. The maximum absolute atomic E-state index is 3.87. The zero-order chi connectivity index (χ0) is 27.9. The first-order valence-corrected chi connectivity index (χ1v) is 15.7. The highest BCUT2D eigenvalue weighted by Gasteiger charge is 2.49. The molecule has 2 aliphatic carbocycles. The summed E-state index contributed by atoms with van der Waals surface area (Å²) in [6.07, 6.45) is 0. The summed E-state index contributed by atoms with van der Waals surface area (Å²) in [5.41, 5.74) is 18.2.